The van der Waals surface area contributed by atoms with Crippen molar-refractivity contribution in [2.75, 3.05) is 0 Å². The molecule has 0 unspecified atom stereocenters. The minimum absolute atomic E-state index is 0.138. The molecule has 27 heavy (non-hydrogen) atoms. The summed E-state index contributed by atoms with van der Waals surface area (Å²) in [5.41, 5.74) is 4.26. The molecule has 0 saturated carbocycles. The van der Waals surface area contributed by atoms with Gasteiger partial charge in [-0.2, -0.15) is 0 Å². The van der Waals surface area contributed by atoms with Gasteiger partial charge in [0.2, 0.25) is 9.84 Å². The molecule has 0 N–H and O–H groups in total. The van der Waals surface area contributed by atoms with Gasteiger partial charge in [0.05, 0.1) is 11.5 Å². The Balaban J connectivity index is 2.02. The molecule has 0 spiro atoms. The van der Waals surface area contributed by atoms with Crippen molar-refractivity contribution in [2.45, 2.75) is 18.7 Å². The molecule has 0 aliphatic heterocycles. The number of hydrogen-bond donors (Lipinski definition) is 0. The molecule has 4 heteroatoms. The molecule has 134 valence electrons. The van der Waals surface area contributed by atoms with Crippen molar-refractivity contribution in [3.8, 4) is 11.1 Å². The molecular formula is C23H19NO2S. The van der Waals surface area contributed by atoms with Crippen LogP contribution in [0.25, 0.3) is 21.5 Å². The van der Waals surface area contributed by atoms with E-state index in [9.17, 15) is 8.42 Å². The monoisotopic (exact) mass is 373 g/mol. The number of aryl methyl sites for hydroxylation is 1. The molecule has 0 bridgehead atoms. The number of rotatable bonds is 4. The summed E-state index contributed by atoms with van der Waals surface area (Å²) in [4.78, 5) is 3.50. The molecule has 0 heterocycles. The second kappa shape index (κ2) is 7.61. The Morgan fingerprint density at radius 2 is 1.37 bits per heavy atom. The first kappa shape index (κ1) is 18.6. The van der Waals surface area contributed by atoms with Gasteiger partial charge in [-0.25, -0.2) is 13.3 Å². The van der Waals surface area contributed by atoms with E-state index in [0.29, 0.717) is 5.57 Å². The summed E-state index contributed by atoms with van der Waals surface area (Å²) in [6.45, 7) is 11.0. The quantitative estimate of drug-likeness (QED) is 0.547. The average molecular weight is 373 g/mol. The molecule has 0 aliphatic rings. The van der Waals surface area contributed by atoms with Gasteiger partial charge in [-0.1, -0.05) is 72.3 Å². The summed E-state index contributed by atoms with van der Waals surface area (Å²) in [6.07, 6.45) is 0. The average Bonchev–Trinajstić information content (AvgIpc) is 2.69. The lowest BCUT2D eigenvalue weighted by molar-refractivity contribution is 0.603. The van der Waals surface area contributed by atoms with Crippen molar-refractivity contribution in [3.05, 3.63) is 106 Å². The van der Waals surface area contributed by atoms with E-state index in [4.69, 9.17) is 6.57 Å². The fourth-order valence-corrected chi connectivity index (χ4v) is 4.20. The fourth-order valence-electron chi connectivity index (χ4n) is 2.84. The first-order valence-corrected chi connectivity index (χ1v) is 9.98. The minimum Gasteiger partial charge on any atom is -0.230 e. The second-order valence-electron chi connectivity index (χ2n) is 6.30. The van der Waals surface area contributed by atoms with Crippen molar-refractivity contribution in [1.29, 1.82) is 0 Å². The summed E-state index contributed by atoms with van der Waals surface area (Å²) in [5.74, 6) is 0. The first-order valence-electron chi connectivity index (χ1n) is 8.49. The highest BCUT2D eigenvalue weighted by Gasteiger charge is 2.24. The van der Waals surface area contributed by atoms with Gasteiger partial charge in [-0.3, -0.25) is 0 Å². The third-order valence-electron chi connectivity index (χ3n) is 4.43. The molecule has 3 aromatic carbocycles. The standard InChI is InChI=1S/C23H19NO2S/c1-17-9-15-22(16-10-17)27(25,26)23(24-3)18(2)19-11-13-21(14-12-19)20-7-5-4-6-8-20/h4-16H,1-2H3. The molecule has 3 rings (SSSR count). The number of allylic oxidation sites excluding steroid dienone is 1. The zero-order chi connectivity index (χ0) is 19.4. The van der Waals surface area contributed by atoms with Crippen LogP contribution >= 0.6 is 0 Å². The van der Waals surface area contributed by atoms with E-state index in [1.807, 2.05) is 61.5 Å². The predicted octanol–water partition coefficient (Wildman–Crippen LogP) is 5.74. The third-order valence-corrected chi connectivity index (χ3v) is 6.23. The second-order valence-corrected chi connectivity index (χ2v) is 8.17. The van der Waals surface area contributed by atoms with Crippen LogP contribution in [0.3, 0.4) is 0 Å². The van der Waals surface area contributed by atoms with Gasteiger partial charge in [-0.15, -0.1) is 0 Å². The molecule has 0 amide bonds. The van der Waals surface area contributed by atoms with Crippen LogP contribution in [-0.4, -0.2) is 8.42 Å². The first-order chi connectivity index (χ1) is 12.9. The molecular weight excluding hydrogens is 354 g/mol. The summed E-state index contributed by atoms with van der Waals surface area (Å²) >= 11 is 0. The molecule has 0 atom stereocenters. The summed E-state index contributed by atoms with van der Waals surface area (Å²) in [6, 6.07) is 24.1. The zero-order valence-corrected chi connectivity index (χ0v) is 16.0. The Kier molecular flexibility index (Phi) is 5.25. The van der Waals surface area contributed by atoms with Gasteiger partial charge in [0, 0.05) is 0 Å². The van der Waals surface area contributed by atoms with Crippen LogP contribution < -0.4 is 0 Å². The summed E-state index contributed by atoms with van der Waals surface area (Å²) in [7, 11) is -3.85. The van der Waals surface area contributed by atoms with E-state index in [1.54, 1.807) is 31.2 Å². The van der Waals surface area contributed by atoms with Crippen molar-refractivity contribution in [3.63, 3.8) is 0 Å². The lowest BCUT2D eigenvalue weighted by Crippen LogP contribution is -2.04. The van der Waals surface area contributed by atoms with E-state index < -0.39 is 9.84 Å². The van der Waals surface area contributed by atoms with Gasteiger partial charge in [0.15, 0.2) is 0 Å². The minimum atomic E-state index is -3.85. The highest BCUT2D eigenvalue weighted by Crippen LogP contribution is 2.30. The summed E-state index contributed by atoms with van der Waals surface area (Å²) < 4.78 is 25.8. The Labute approximate surface area is 160 Å². The summed E-state index contributed by atoms with van der Waals surface area (Å²) in [5, 5.41) is -0.237. The van der Waals surface area contributed by atoms with Crippen molar-refractivity contribution in [1.82, 2.24) is 0 Å². The maximum absolute atomic E-state index is 12.9. The smallest absolute Gasteiger partial charge is 0.230 e. The number of benzene rings is 3. The highest BCUT2D eigenvalue weighted by molar-refractivity contribution is 7.95. The SMILES string of the molecule is [C-]#[N+]C(=C(C)c1ccc(-c2ccccc2)cc1)S(=O)(=O)c1ccc(C)cc1. The van der Waals surface area contributed by atoms with Crippen molar-refractivity contribution in [2.24, 2.45) is 0 Å². The maximum Gasteiger partial charge on any atom is 0.286 e. The van der Waals surface area contributed by atoms with Gasteiger partial charge in [-0.05, 0) is 48.2 Å². The molecule has 3 nitrogen and oxygen atoms in total. The number of nitrogens with zero attached hydrogens (tertiary/aromatic N) is 1. The van der Waals surface area contributed by atoms with Gasteiger partial charge >= 0.3 is 0 Å². The van der Waals surface area contributed by atoms with Crippen LogP contribution in [0.15, 0.2) is 88.8 Å². The lowest BCUT2D eigenvalue weighted by Gasteiger charge is -2.09. The third kappa shape index (κ3) is 3.84. The van der Waals surface area contributed by atoms with Crippen LogP contribution in [0.5, 0.6) is 0 Å². The molecule has 0 saturated heterocycles. The van der Waals surface area contributed by atoms with E-state index in [0.717, 1.165) is 22.3 Å². The molecule has 0 fully saturated rings. The van der Waals surface area contributed by atoms with E-state index in [2.05, 4.69) is 4.85 Å². The van der Waals surface area contributed by atoms with E-state index in [1.165, 1.54) is 0 Å². The molecule has 3 aromatic rings. The Morgan fingerprint density at radius 1 is 0.815 bits per heavy atom. The van der Waals surface area contributed by atoms with Crippen molar-refractivity contribution >= 4 is 15.4 Å². The topological polar surface area (TPSA) is 38.5 Å². The number of hydrogen-bond acceptors (Lipinski definition) is 2. The van der Waals surface area contributed by atoms with Crippen LogP contribution in [0, 0.1) is 13.5 Å². The number of sulfone groups is 1. The van der Waals surface area contributed by atoms with Gasteiger partial charge < -0.3 is 0 Å². The molecule has 0 aromatic heterocycles. The van der Waals surface area contributed by atoms with Crippen LogP contribution in [0.1, 0.15) is 18.1 Å². The largest absolute Gasteiger partial charge is 0.286 e. The normalized spacial score (nSPS) is 12.2. The van der Waals surface area contributed by atoms with Gasteiger partial charge in [0.25, 0.3) is 5.03 Å². The van der Waals surface area contributed by atoms with Crippen molar-refractivity contribution < 1.29 is 8.42 Å². The Morgan fingerprint density at radius 3 is 1.93 bits per heavy atom. The lowest BCUT2D eigenvalue weighted by atomic mass is 10.0. The van der Waals surface area contributed by atoms with E-state index >= 15 is 0 Å². The predicted molar refractivity (Wildman–Crippen MR) is 109 cm³/mol. The van der Waals surface area contributed by atoms with Gasteiger partial charge in [0.1, 0.15) is 0 Å². The van der Waals surface area contributed by atoms with Crippen LogP contribution in [0.4, 0.5) is 0 Å². The Bertz CT molecular complexity index is 1120. The molecule has 0 radical (unpaired) electrons. The molecule has 0 aliphatic carbocycles. The maximum atomic E-state index is 12.9. The Hall–Kier alpha value is -3.16. The highest BCUT2D eigenvalue weighted by atomic mass is 32.2. The van der Waals surface area contributed by atoms with Crippen LogP contribution in [-0.2, 0) is 9.84 Å². The fraction of sp³-hybridized carbons (Fsp3) is 0.0870. The van der Waals surface area contributed by atoms with Crippen LogP contribution in [0.2, 0.25) is 0 Å². The van der Waals surface area contributed by atoms with E-state index in [-0.39, 0.29) is 9.92 Å². The zero-order valence-electron chi connectivity index (χ0n) is 15.2.